The Hall–Kier alpha value is -0.780. The molecule has 0 radical (unpaired) electrons. The number of rotatable bonds is 4. The van der Waals surface area contributed by atoms with Crippen molar-refractivity contribution in [2.75, 3.05) is 13.1 Å². The van der Waals surface area contributed by atoms with Gasteiger partial charge in [-0.15, -0.1) is 23.7 Å². The van der Waals surface area contributed by atoms with Gasteiger partial charge in [0.25, 0.3) is 0 Å². The van der Waals surface area contributed by atoms with Gasteiger partial charge in [-0.1, -0.05) is 11.6 Å². The van der Waals surface area contributed by atoms with Crippen LogP contribution in [0.2, 0.25) is 5.02 Å². The maximum atomic E-state index is 11.9. The number of aryl methyl sites for hydroxylation is 1. The number of carboxylic acid groups (broad SMARTS) is 1. The van der Waals surface area contributed by atoms with E-state index in [0.717, 1.165) is 4.88 Å². The summed E-state index contributed by atoms with van der Waals surface area (Å²) >= 11 is 7.35. The maximum absolute atomic E-state index is 11.9. The van der Waals surface area contributed by atoms with Crippen LogP contribution in [-0.4, -0.2) is 35.0 Å². The van der Waals surface area contributed by atoms with Crippen LogP contribution in [0.15, 0.2) is 11.4 Å². The molecule has 2 rings (SSSR count). The van der Waals surface area contributed by atoms with Gasteiger partial charge in [-0.25, -0.2) is 0 Å². The Morgan fingerprint density at radius 2 is 2.26 bits per heavy atom. The Kier molecular flexibility index (Phi) is 6.10. The Morgan fingerprint density at radius 1 is 1.53 bits per heavy atom. The first-order valence-electron chi connectivity index (χ1n) is 5.80. The molecule has 1 aromatic heterocycles. The van der Waals surface area contributed by atoms with Crippen molar-refractivity contribution in [3.8, 4) is 0 Å². The molecule has 1 amide bonds. The van der Waals surface area contributed by atoms with E-state index in [0.29, 0.717) is 37.4 Å². The predicted molar refractivity (Wildman–Crippen MR) is 77.2 cm³/mol. The molecule has 1 aliphatic rings. The van der Waals surface area contributed by atoms with E-state index in [1.807, 2.05) is 11.4 Å². The first-order valence-corrected chi connectivity index (χ1v) is 7.05. The number of hydrogen-bond acceptors (Lipinski definition) is 3. The molecule has 1 unspecified atom stereocenters. The van der Waals surface area contributed by atoms with Gasteiger partial charge < -0.3 is 10.0 Å². The summed E-state index contributed by atoms with van der Waals surface area (Å²) in [5.74, 6) is -1.18. The van der Waals surface area contributed by atoms with Crippen molar-refractivity contribution in [2.45, 2.75) is 19.3 Å². The van der Waals surface area contributed by atoms with Gasteiger partial charge in [-0.05, 0) is 18.9 Å². The number of nitrogens with zero attached hydrogens (tertiary/aromatic N) is 1. The standard InChI is InChI=1S/C12H14ClNO3S.ClH/c13-9-5-10(18-7-9)1-2-11(15)14-4-3-8(6-14)12(16)17;/h5,7-8H,1-4,6H2,(H,16,17);1H. The number of aliphatic carboxylic acids is 1. The number of likely N-dealkylation sites (tertiary alicyclic amines) is 1. The third kappa shape index (κ3) is 4.37. The molecule has 7 heteroatoms. The molecular weight excluding hydrogens is 309 g/mol. The molecule has 0 spiro atoms. The van der Waals surface area contributed by atoms with Gasteiger partial charge in [-0.3, -0.25) is 9.59 Å². The van der Waals surface area contributed by atoms with E-state index in [4.69, 9.17) is 16.7 Å². The highest BCUT2D eigenvalue weighted by molar-refractivity contribution is 7.10. The van der Waals surface area contributed by atoms with Gasteiger partial charge in [0, 0.05) is 29.8 Å². The van der Waals surface area contributed by atoms with Crippen LogP contribution in [0.1, 0.15) is 17.7 Å². The van der Waals surface area contributed by atoms with Gasteiger partial charge in [0.2, 0.25) is 5.91 Å². The molecule has 1 atom stereocenters. The summed E-state index contributed by atoms with van der Waals surface area (Å²) < 4.78 is 0. The zero-order chi connectivity index (χ0) is 13.1. The van der Waals surface area contributed by atoms with E-state index in [1.54, 1.807) is 16.2 Å². The summed E-state index contributed by atoms with van der Waals surface area (Å²) in [4.78, 5) is 25.4. The van der Waals surface area contributed by atoms with Crippen LogP contribution in [0.25, 0.3) is 0 Å². The molecule has 1 aliphatic heterocycles. The second-order valence-electron chi connectivity index (χ2n) is 4.39. The third-order valence-corrected chi connectivity index (χ3v) is 4.44. The summed E-state index contributed by atoms with van der Waals surface area (Å²) in [5.41, 5.74) is 0. The van der Waals surface area contributed by atoms with E-state index in [1.165, 1.54) is 0 Å². The smallest absolute Gasteiger partial charge is 0.308 e. The second-order valence-corrected chi connectivity index (χ2v) is 5.83. The van der Waals surface area contributed by atoms with Gasteiger partial charge in [0.1, 0.15) is 0 Å². The molecule has 106 valence electrons. The van der Waals surface area contributed by atoms with Gasteiger partial charge in [0.05, 0.1) is 10.9 Å². The lowest BCUT2D eigenvalue weighted by Crippen LogP contribution is -2.30. The average molecular weight is 324 g/mol. The van der Waals surface area contributed by atoms with Crippen LogP contribution < -0.4 is 0 Å². The number of amides is 1. The highest BCUT2D eigenvalue weighted by atomic mass is 35.5. The Labute approximate surface area is 126 Å². The van der Waals surface area contributed by atoms with Crippen molar-refractivity contribution >= 4 is 47.2 Å². The quantitative estimate of drug-likeness (QED) is 0.926. The molecule has 0 saturated carbocycles. The molecule has 1 N–H and O–H groups in total. The first kappa shape index (κ1) is 16.3. The van der Waals surface area contributed by atoms with Crippen molar-refractivity contribution in [3.05, 3.63) is 21.3 Å². The summed E-state index contributed by atoms with van der Waals surface area (Å²) in [5, 5.41) is 11.4. The normalized spacial score (nSPS) is 18.2. The fourth-order valence-corrected chi connectivity index (χ4v) is 3.14. The zero-order valence-corrected chi connectivity index (χ0v) is 12.6. The predicted octanol–water partition coefficient (Wildman–Crippen LogP) is 2.69. The van der Waals surface area contributed by atoms with E-state index < -0.39 is 11.9 Å². The number of carboxylic acids is 1. The molecule has 1 aromatic rings. The monoisotopic (exact) mass is 323 g/mol. The highest BCUT2D eigenvalue weighted by Crippen LogP contribution is 2.22. The first-order chi connectivity index (χ1) is 8.56. The lowest BCUT2D eigenvalue weighted by molar-refractivity contribution is -0.141. The number of halogens is 2. The van der Waals surface area contributed by atoms with E-state index in [9.17, 15) is 9.59 Å². The molecule has 0 aliphatic carbocycles. The van der Waals surface area contributed by atoms with E-state index >= 15 is 0 Å². The van der Waals surface area contributed by atoms with Crippen molar-refractivity contribution in [1.82, 2.24) is 4.90 Å². The minimum Gasteiger partial charge on any atom is -0.481 e. The molecule has 0 aromatic carbocycles. The Morgan fingerprint density at radius 3 is 2.79 bits per heavy atom. The van der Waals surface area contributed by atoms with Crippen LogP contribution in [-0.2, 0) is 16.0 Å². The van der Waals surface area contributed by atoms with Gasteiger partial charge in [0.15, 0.2) is 0 Å². The molecule has 4 nitrogen and oxygen atoms in total. The summed E-state index contributed by atoms with van der Waals surface area (Å²) in [7, 11) is 0. The number of carbonyl (C=O) groups is 2. The SMILES string of the molecule is Cl.O=C(O)C1CCN(C(=O)CCc2cc(Cl)cs2)C1. The minimum atomic E-state index is -0.810. The van der Waals surface area contributed by atoms with Crippen LogP contribution in [0.4, 0.5) is 0 Å². The fraction of sp³-hybridized carbons (Fsp3) is 0.500. The summed E-state index contributed by atoms with van der Waals surface area (Å²) in [6.07, 6.45) is 1.65. The lowest BCUT2D eigenvalue weighted by Gasteiger charge is -2.15. The van der Waals surface area contributed by atoms with Crippen molar-refractivity contribution in [3.63, 3.8) is 0 Å². The van der Waals surface area contributed by atoms with E-state index in [2.05, 4.69) is 0 Å². The molecule has 1 fully saturated rings. The van der Waals surface area contributed by atoms with Crippen LogP contribution in [0.5, 0.6) is 0 Å². The summed E-state index contributed by atoms with van der Waals surface area (Å²) in [6, 6.07) is 1.86. The Bertz CT molecular complexity index is 464. The van der Waals surface area contributed by atoms with E-state index in [-0.39, 0.29) is 18.3 Å². The average Bonchev–Trinajstić information content (AvgIpc) is 2.94. The number of thiophene rings is 1. The second kappa shape index (κ2) is 7.12. The molecule has 19 heavy (non-hydrogen) atoms. The third-order valence-electron chi connectivity index (χ3n) is 3.10. The molecule has 0 bridgehead atoms. The largest absolute Gasteiger partial charge is 0.481 e. The maximum Gasteiger partial charge on any atom is 0.308 e. The topological polar surface area (TPSA) is 57.6 Å². The van der Waals surface area contributed by atoms with Gasteiger partial charge >= 0.3 is 5.97 Å². The number of hydrogen-bond donors (Lipinski definition) is 1. The van der Waals surface area contributed by atoms with Crippen LogP contribution in [0.3, 0.4) is 0 Å². The lowest BCUT2D eigenvalue weighted by atomic mass is 10.1. The van der Waals surface area contributed by atoms with Crippen LogP contribution in [0, 0.1) is 5.92 Å². The Balaban J connectivity index is 0.00000180. The molecule has 2 heterocycles. The molecular formula is C12H15Cl2NO3S. The van der Waals surface area contributed by atoms with Gasteiger partial charge in [-0.2, -0.15) is 0 Å². The van der Waals surface area contributed by atoms with Crippen molar-refractivity contribution in [1.29, 1.82) is 0 Å². The molecule has 1 saturated heterocycles. The highest BCUT2D eigenvalue weighted by Gasteiger charge is 2.30. The fourth-order valence-electron chi connectivity index (χ4n) is 2.06. The van der Waals surface area contributed by atoms with Crippen molar-refractivity contribution < 1.29 is 14.7 Å². The number of carbonyl (C=O) groups excluding carboxylic acids is 1. The zero-order valence-electron chi connectivity index (χ0n) is 10.2. The van der Waals surface area contributed by atoms with Crippen molar-refractivity contribution in [2.24, 2.45) is 5.92 Å². The van der Waals surface area contributed by atoms with Crippen LogP contribution >= 0.6 is 35.3 Å². The summed E-state index contributed by atoms with van der Waals surface area (Å²) in [6.45, 7) is 0.903. The minimum absolute atomic E-state index is 0.